The highest BCUT2D eigenvalue weighted by atomic mass is 35.5. The van der Waals surface area contributed by atoms with Gasteiger partial charge in [-0.25, -0.2) is 4.68 Å². The van der Waals surface area contributed by atoms with E-state index >= 15 is 0 Å². The number of ether oxygens (including phenoxy) is 1. The van der Waals surface area contributed by atoms with Crippen molar-refractivity contribution in [1.29, 1.82) is 5.26 Å². The molecule has 0 saturated heterocycles. The lowest BCUT2D eigenvalue weighted by molar-refractivity contribution is 0.415. The molecule has 0 saturated carbocycles. The first-order valence-electron chi connectivity index (χ1n) is 6.62. The molecule has 1 aromatic heterocycles. The molecule has 108 valence electrons. The Morgan fingerprint density at radius 3 is 2.68 bits per heavy atom. The maximum absolute atomic E-state index is 9.16. The Hall–Kier alpha value is -2.77. The molecule has 1 heterocycles. The predicted octanol–water partition coefficient (Wildman–Crippen LogP) is 4.07. The van der Waals surface area contributed by atoms with Crippen molar-refractivity contribution in [1.82, 2.24) is 9.78 Å². The molecule has 0 fully saturated rings. The fourth-order valence-corrected chi connectivity index (χ4v) is 2.45. The van der Waals surface area contributed by atoms with Crippen LogP contribution in [0.4, 0.5) is 0 Å². The number of hydrogen-bond acceptors (Lipinski definition) is 3. The van der Waals surface area contributed by atoms with Gasteiger partial charge in [-0.1, -0.05) is 35.9 Å². The van der Waals surface area contributed by atoms with E-state index in [1.165, 1.54) is 0 Å². The molecular formula is C17H12ClN3O. The van der Waals surface area contributed by atoms with Gasteiger partial charge in [-0.05, 0) is 24.3 Å². The summed E-state index contributed by atoms with van der Waals surface area (Å²) in [6.07, 6.45) is 0. The van der Waals surface area contributed by atoms with E-state index in [2.05, 4.69) is 11.2 Å². The summed E-state index contributed by atoms with van der Waals surface area (Å²) in [5.41, 5.74) is 2.73. The van der Waals surface area contributed by atoms with Crippen molar-refractivity contribution in [2.24, 2.45) is 0 Å². The molecule has 0 atom stereocenters. The highest BCUT2D eigenvalue weighted by Crippen LogP contribution is 2.29. The molecule has 2 aromatic carbocycles. The first kappa shape index (κ1) is 14.2. The summed E-state index contributed by atoms with van der Waals surface area (Å²) < 4.78 is 6.93. The summed E-state index contributed by atoms with van der Waals surface area (Å²) in [6.45, 7) is 0. The molecule has 0 radical (unpaired) electrons. The van der Waals surface area contributed by atoms with E-state index < -0.39 is 0 Å². The molecule has 3 rings (SSSR count). The first-order chi connectivity index (χ1) is 10.7. The molecule has 22 heavy (non-hydrogen) atoms. The number of rotatable bonds is 3. The largest absolute Gasteiger partial charge is 0.497 e. The third kappa shape index (κ3) is 2.54. The van der Waals surface area contributed by atoms with Gasteiger partial charge in [0.15, 0.2) is 5.69 Å². The normalized spacial score (nSPS) is 10.2. The van der Waals surface area contributed by atoms with E-state index in [0.29, 0.717) is 10.7 Å². The van der Waals surface area contributed by atoms with Crippen molar-refractivity contribution < 1.29 is 4.74 Å². The van der Waals surface area contributed by atoms with Crippen LogP contribution in [0.5, 0.6) is 5.75 Å². The lowest BCUT2D eigenvalue weighted by Crippen LogP contribution is -2.00. The SMILES string of the molecule is COc1cccc(-c2cc(C#N)nn2-c2ccccc2Cl)c1. The highest BCUT2D eigenvalue weighted by Gasteiger charge is 2.14. The minimum absolute atomic E-state index is 0.331. The van der Waals surface area contributed by atoms with E-state index in [4.69, 9.17) is 21.6 Å². The molecule has 0 amide bonds. The van der Waals surface area contributed by atoms with Gasteiger partial charge in [0.05, 0.1) is 23.5 Å². The van der Waals surface area contributed by atoms with Crippen LogP contribution in [0.1, 0.15) is 5.69 Å². The zero-order valence-corrected chi connectivity index (χ0v) is 12.6. The number of halogens is 1. The molecule has 0 aliphatic carbocycles. The third-order valence-electron chi connectivity index (χ3n) is 3.27. The minimum atomic E-state index is 0.331. The lowest BCUT2D eigenvalue weighted by atomic mass is 10.1. The fourth-order valence-electron chi connectivity index (χ4n) is 2.23. The van der Waals surface area contributed by atoms with Crippen molar-refractivity contribution in [3.05, 3.63) is 65.3 Å². The highest BCUT2D eigenvalue weighted by molar-refractivity contribution is 6.32. The molecule has 3 aromatic rings. The smallest absolute Gasteiger partial charge is 0.163 e. The molecular weight excluding hydrogens is 298 g/mol. The van der Waals surface area contributed by atoms with E-state index in [0.717, 1.165) is 22.7 Å². The quantitative estimate of drug-likeness (QED) is 0.732. The summed E-state index contributed by atoms with van der Waals surface area (Å²) in [4.78, 5) is 0. The van der Waals surface area contributed by atoms with Crippen LogP contribution in [0, 0.1) is 11.3 Å². The summed E-state index contributed by atoms with van der Waals surface area (Å²) in [7, 11) is 1.62. The average Bonchev–Trinajstić information content (AvgIpc) is 2.99. The summed E-state index contributed by atoms with van der Waals surface area (Å²) in [5.74, 6) is 0.739. The zero-order valence-electron chi connectivity index (χ0n) is 11.8. The molecule has 0 unspecified atom stereocenters. The van der Waals surface area contributed by atoms with Crippen LogP contribution in [-0.2, 0) is 0 Å². The average molecular weight is 310 g/mol. The number of nitrogens with zero attached hydrogens (tertiary/aromatic N) is 3. The number of aromatic nitrogens is 2. The van der Waals surface area contributed by atoms with Gasteiger partial charge in [0.1, 0.15) is 11.8 Å². The number of benzene rings is 2. The Morgan fingerprint density at radius 2 is 1.95 bits per heavy atom. The molecule has 0 aliphatic rings. The van der Waals surface area contributed by atoms with Crippen LogP contribution >= 0.6 is 11.6 Å². The Morgan fingerprint density at radius 1 is 1.14 bits per heavy atom. The van der Waals surface area contributed by atoms with Crippen LogP contribution in [0.25, 0.3) is 16.9 Å². The Labute approximate surface area is 133 Å². The van der Waals surface area contributed by atoms with Gasteiger partial charge >= 0.3 is 0 Å². The lowest BCUT2D eigenvalue weighted by Gasteiger charge is -2.10. The van der Waals surface area contributed by atoms with Crippen molar-refractivity contribution in [3.63, 3.8) is 0 Å². The van der Waals surface area contributed by atoms with Gasteiger partial charge in [-0.15, -0.1) is 0 Å². The minimum Gasteiger partial charge on any atom is -0.497 e. The standard InChI is InChI=1S/C17H12ClN3O/c1-22-14-6-4-5-12(9-14)17-10-13(11-19)20-21(17)16-8-3-2-7-15(16)18/h2-10H,1H3. The molecule has 0 spiro atoms. The predicted molar refractivity (Wildman–Crippen MR) is 85.3 cm³/mol. The van der Waals surface area contributed by atoms with E-state index in [-0.39, 0.29) is 0 Å². The molecule has 0 bridgehead atoms. The number of hydrogen-bond donors (Lipinski definition) is 0. The fraction of sp³-hybridized carbons (Fsp3) is 0.0588. The summed E-state index contributed by atoms with van der Waals surface area (Å²) in [5, 5.41) is 14.0. The topological polar surface area (TPSA) is 50.8 Å². The third-order valence-corrected chi connectivity index (χ3v) is 3.59. The summed E-state index contributed by atoms with van der Waals surface area (Å²) in [6, 6.07) is 18.8. The van der Waals surface area contributed by atoms with Gasteiger partial charge in [0, 0.05) is 11.6 Å². The second kappa shape index (κ2) is 5.92. The molecule has 0 aliphatic heterocycles. The van der Waals surface area contributed by atoms with Gasteiger partial charge in [0.2, 0.25) is 0 Å². The maximum atomic E-state index is 9.16. The monoisotopic (exact) mass is 309 g/mol. The second-order valence-corrected chi connectivity index (χ2v) is 5.03. The van der Waals surface area contributed by atoms with Gasteiger partial charge in [-0.3, -0.25) is 0 Å². The second-order valence-electron chi connectivity index (χ2n) is 4.62. The van der Waals surface area contributed by atoms with E-state index in [1.54, 1.807) is 23.9 Å². The van der Waals surface area contributed by atoms with Crippen molar-refractivity contribution in [2.45, 2.75) is 0 Å². The maximum Gasteiger partial charge on any atom is 0.163 e. The van der Waals surface area contributed by atoms with Gasteiger partial charge < -0.3 is 4.74 Å². The first-order valence-corrected chi connectivity index (χ1v) is 7.00. The number of nitriles is 1. The van der Waals surface area contributed by atoms with Gasteiger partial charge in [0.25, 0.3) is 0 Å². The van der Waals surface area contributed by atoms with Crippen LogP contribution < -0.4 is 4.74 Å². The van der Waals surface area contributed by atoms with E-state index in [9.17, 15) is 0 Å². The van der Waals surface area contributed by atoms with Crippen LogP contribution in [0.3, 0.4) is 0 Å². The van der Waals surface area contributed by atoms with Crippen LogP contribution in [0.2, 0.25) is 5.02 Å². The van der Waals surface area contributed by atoms with Crippen molar-refractivity contribution in [3.8, 4) is 28.8 Å². The Kier molecular flexibility index (Phi) is 3.82. The molecule has 4 nitrogen and oxygen atoms in total. The Balaban J connectivity index is 2.22. The van der Waals surface area contributed by atoms with E-state index in [1.807, 2.05) is 42.5 Å². The number of methoxy groups -OCH3 is 1. The zero-order chi connectivity index (χ0) is 15.5. The van der Waals surface area contributed by atoms with Crippen molar-refractivity contribution >= 4 is 11.6 Å². The van der Waals surface area contributed by atoms with Gasteiger partial charge in [-0.2, -0.15) is 10.4 Å². The Bertz CT molecular complexity index is 864. The van der Waals surface area contributed by atoms with Crippen LogP contribution in [-0.4, -0.2) is 16.9 Å². The molecule has 0 N–H and O–H groups in total. The molecule has 5 heteroatoms. The van der Waals surface area contributed by atoms with Crippen molar-refractivity contribution in [2.75, 3.05) is 7.11 Å². The van der Waals surface area contributed by atoms with Crippen LogP contribution in [0.15, 0.2) is 54.6 Å². The number of para-hydroxylation sites is 1. The summed E-state index contributed by atoms with van der Waals surface area (Å²) >= 11 is 6.26.